The number of hydrogen-bond donors (Lipinski definition) is 1. The predicted molar refractivity (Wildman–Crippen MR) is 83.1 cm³/mol. The highest BCUT2D eigenvalue weighted by molar-refractivity contribution is 5.38. The van der Waals surface area contributed by atoms with Gasteiger partial charge >= 0.3 is 0 Å². The Morgan fingerprint density at radius 1 is 1.25 bits per heavy atom. The van der Waals surface area contributed by atoms with Gasteiger partial charge in [0.25, 0.3) is 0 Å². The van der Waals surface area contributed by atoms with Crippen molar-refractivity contribution in [1.29, 1.82) is 0 Å². The lowest BCUT2D eigenvalue weighted by atomic mass is 9.80. The highest BCUT2D eigenvalue weighted by atomic mass is 16.5. The van der Waals surface area contributed by atoms with Gasteiger partial charge in [0.1, 0.15) is 0 Å². The Morgan fingerprint density at radius 2 is 1.85 bits per heavy atom. The van der Waals surface area contributed by atoms with E-state index in [2.05, 4.69) is 46.8 Å². The summed E-state index contributed by atoms with van der Waals surface area (Å²) >= 11 is 0. The molecule has 2 nitrogen and oxygen atoms in total. The first-order chi connectivity index (χ1) is 9.31. The lowest BCUT2D eigenvalue weighted by Gasteiger charge is -2.39. The summed E-state index contributed by atoms with van der Waals surface area (Å²) in [6.45, 7) is 11.4. The maximum Gasteiger partial charge on any atom is 0.0734 e. The van der Waals surface area contributed by atoms with Gasteiger partial charge in [-0.2, -0.15) is 0 Å². The Morgan fingerprint density at radius 3 is 2.40 bits per heavy atom. The van der Waals surface area contributed by atoms with Gasteiger partial charge in [-0.25, -0.2) is 0 Å². The van der Waals surface area contributed by atoms with E-state index in [0.29, 0.717) is 12.5 Å². The third-order valence-electron chi connectivity index (χ3n) is 4.57. The Kier molecular flexibility index (Phi) is 4.55. The first-order valence-corrected chi connectivity index (χ1v) is 7.71. The summed E-state index contributed by atoms with van der Waals surface area (Å²) in [6.07, 6.45) is 2.41. The minimum atomic E-state index is -0.613. The van der Waals surface area contributed by atoms with Crippen LogP contribution in [0.25, 0.3) is 0 Å². The van der Waals surface area contributed by atoms with Gasteiger partial charge in [0.2, 0.25) is 0 Å². The molecule has 0 saturated carbocycles. The molecule has 2 unspecified atom stereocenters. The van der Waals surface area contributed by atoms with Crippen molar-refractivity contribution in [3.05, 3.63) is 34.4 Å². The van der Waals surface area contributed by atoms with E-state index in [0.717, 1.165) is 19.3 Å². The Balaban J connectivity index is 2.20. The third-order valence-corrected chi connectivity index (χ3v) is 4.57. The summed E-state index contributed by atoms with van der Waals surface area (Å²) in [4.78, 5) is 0. The molecule has 0 aromatic heterocycles. The van der Waals surface area contributed by atoms with Crippen molar-refractivity contribution < 1.29 is 9.84 Å². The molecule has 2 heteroatoms. The number of benzene rings is 1. The Hall–Kier alpha value is -0.860. The largest absolute Gasteiger partial charge is 0.389 e. The van der Waals surface area contributed by atoms with Crippen molar-refractivity contribution in [1.82, 2.24) is 0 Å². The number of rotatable bonds is 3. The van der Waals surface area contributed by atoms with E-state index in [-0.39, 0.29) is 6.10 Å². The van der Waals surface area contributed by atoms with E-state index in [1.54, 1.807) is 0 Å². The number of aliphatic hydroxyl groups is 1. The summed E-state index contributed by atoms with van der Waals surface area (Å²) in [7, 11) is 0. The molecular formula is C18H28O2. The molecule has 0 aliphatic carbocycles. The molecule has 0 radical (unpaired) electrons. The molecule has 1 aromatic rings. The molecule has 0 bridgehead atoms. The molecule has 1 aromatic carbocycles. The van der Waals surface area contributed by atoms with E-state index in [1.165, 1.54) is 22.3 Å². The Labute approximate surface area is 123 Å². The first-order valence-electron chi connectivity index (χ1n) is 7.71. The summed E-state index contributed by atoms with van der Waals surface area (Å²) in [5, 5.41) is 11.0. The summed E-state index contributed by atoms with van der Waals surface area (Å²) in [5.41, 5.74) is 4.58. The van der Waals surface area contributed by atoms with Crippen LogP contribution in [-0.4, -0.2) is 23.4 Å². The van der Waals surface area contributed by atoms with Gasteiger partial charge in [0.15, 0.2) is 0 Å². The predicted octanol–water partition coefficient (Wildman–Crippen LogP) is 3.72. The first kappa shape index (κ1) is 15.5. The quantitative estimate of drug-likeness (QED) is 0.911. The van der Waals surface area contributed by atoms with Gasteiger partial charge in [-0.1, -0.05) is 31.5 Å². The number of ether oxygens (including phenoxy) is 1. The molecular weight excluding hydrogens is 248 g/mol. The molecule has 2 rings (SSSR count). The fourth-order valence-electron chi connectivity index (χ4n) is 3.34. The molecule has 1 N–H and O–H groups in total. The van der Waals surface area contributed by atoms with Gasteiger partial charge in [-0.05, 0) is 49.8 Å². The molecule has 20 heavy (non-hydrogen) atoms. The Bertz CT molecular complexity index is 455. The van der Waals surface area contributed by atoms with Crippen LogP contribution in [0.4, 0.5) is 0 Å². The summed E-state index contributed by atoms with van der Waals surface area (Å²) in [5.74, 6) is 0.460. The van der Waals surface area contributed by atoms with E-state index in [1.807, 2.05) is 0 Å². The van der Waals surface area contributed by atoms with Gasteiger partial charge < -0.3 is 9.84 Å². The van der Waals surface area contributed by atoms with Crippen LogP contribution in [0.1, 0.15) is 48.9 Å². The topological polar surface area (TPSA) is 29.5 Å². The SMILES string of the molecule is Cc1cc(C)c(CC2(O)CCOC(C(C)C)C2)c(C)c1. The van der Waals surface area contributed by atoms with Crippen LogP contribution in [0.3, 0.4) is 0 Å². The number of hydrogen-bond acceptors (Lipinski definition) is 2. The average Bonchev–Trinajstić information content (AvgIpc) is 2.34. The third kappa shape index (κ3) is 3.42. The second kappa shape index (κ2) is 5.87. The molecule has 1 aliphatic heterocycles. The maximum atomic E-state index is 11.0. The van der Waals surface area contributed by atoms with E-state index >= 15 is 0 Å². The zero-order chi connectivity index (χ0) is 14.9. The summed E-state index contributed by atoms with van der Waals surface area (Å²) in [6, 6.07) is 4.43. The van der Waals surface area contributed by atoms with Crippen LogP contribution in [-0.2, 0) is 11.2 Å². The van der Waals surface area contributed by atoms with E-state index in [9.17, 15) is 5.11 Å². The fraction of sp³-hybridized carbons (Fsp3) is 0.667. The molecule has 112 valence electrons. The lowest BCUT2D eigenvalue weighted by Crippen LogP contribution is -2.44. The number of aryl methyl sites for hydroxylation is 3. The monoisotopic (exact) mass is 276 g/mol. The second-order valence-electron chi connectivity index (χ2n) is 6.89. The van der Waals surface area contributed by atoms with E-state index in [4.69, 9.17) is 4.74 Å². The zero-order valence-corrected chi connectivity index (χ0v) is 13.5. The van der Waals surface area contributed by atoms with Crippen LogP contribution >= 0.6 is 0 Å². The minimum Gasteiger partial charge on any atom is -0.389 e. The van der Waals surface area contributed by atoms with Crippen LogP contribution in [0, 0.1) is 26.7 Å². The van der Waals surface area contributed by atoms with Crippen molar-refractivity contribution in [2.45, 2.75) is 65.6 Å². The van der Waals surface area contributed by atoms with Gasteiger partial charge in [-0.3, -0.25) is 0 Å². The standard InChI is InChI=1S/C18H28O2/c1-12(2)17-11-18(19,6-7-20-17)10-16-14(4)8-13(3)9-15(16)5/h8-9,12,17,19H,6-7,10-11H2,1-5H3. The van der Waals surface area contributed by atoms with Gasteiger partial charge in [0.05, 0.1) is 11.7 Å². The molecule has 1 fully saturated rings. The fourth-order valence-corrected chi connectivity index (χ4v) is 3.34. The van der Waals surface area contributed by atoms with Crippen LogP contribution in [0.2, 0.25) is 0 Å². The molecule has 2 atom stereocenters. The highest BCUT2D eigenvalue weighted by Gasteiger charge is 2.36. The van der Waals surface area contributed by atoms with E-state index < -0.39 is 5.60 Å². The molecule has 1 saturated heterocycles. The molecule has 1 heterocycles. The van der Waals surface area contributed by atoms with Crippen LogP contribution in [0.15, 0.2) is 12.1 Å². The van der Waals surface area contributed by atoms with Crippen molar-refractivity contribution in [3.63, 3.8) is 0 Å². The zero-order valence-electron chi connectivity index (χ0n) is 13.5. The molecule has 0 amide bonds. The van der Waals surface area contributed by atoms with Crippen LogP contribution < -0.4 is 0 Å². The van der Waals surface area contributed by atoms with Crippen molar-refractivity contribution in [2.75, 3.05) is 6.61 Å². The maximum absolute atomic E-state index is 11.0. The van der Waals surface area contributed by atoms with Gasteiger partial charge in [-0.15, -0.1) is 0 Å². The summed E-state index contributed by atoms with van der Waals surface area (Å²) < 4.78 is 5.79. The highest BCUT2D eigenvalue weighted by Crippen LogP contribution is 2.33. The van der Waals surface area contributed by atoms with Crippen LogP contribution in [0.5, 0.6) is 0 Å². The lowest BCUT2D eigenvalue weighted by molar-refractivity contribution is -0.116. The molecule has 0 spiro atoms. The van der Waals surface area contributed by atoms with Crippen molar-refractivity contribution in [3.8, 4) is 0 Å². The van der Waals surface area contributed by atoms with Crippen molar-refractivity contribution in [2.24, 2.45) is 5.92 Å². The van der Waals surface area contributed by atoms with Crippen molar-refractivity contribution >= 4 is 0 Å². The second-order valence-corrected chi connectivity index (χ2v) is 6.89. The van der Waals surface area contributed by atoms with Gasteiger partial charge in [0, 0.05) is 19.4 Å². The average molecular weight is 276 g/mol. The normalized spacial score (nSPS) is 27.1. The molecule has 1 aliphatic rings. The smallest absolute Gasteiger partial charge is 0.0734 e. The minimum absolute atomic E-state index is 0.180.